The summed E-state index contributed by atoms with van der Waals surface area (Å²) >= 11 is 2.63. The van der Waals surface area contributed by atoms with E-state index < -0.39 is 21.9 Å². The van der Waals surface area contributed by atoms with E-state index in [-0.39, 0.29) is 5.65 Å². The number of rotatable bonds is 0. The van der Waals surface area contributed by atoms with E-state index in [1.54, 1.807) is 6.92 Å². The Hall–Kier alpha value is -1.44. The number of nitrogens with zero attached hydrogens (tertiary/aromatic N) is 3. The van der Waals surface area contributed by atoms with Crippen LogP contribution < -0.4 is 5.56 Å². The molecule has 90 valence electrons. The molecule has 0 fully saturated rings. The number of aryl methyl sites for hydroxylation is 1. The zero-order valence-electron chi connectivity index (χ0n) is 8.42. The van der Waals surface area contributed by atoms with Crippen LogP contribution >= 0.6 is 15.9 Å². The Morgan fingerprint density at radius 3 is 2.65 bits per heavy atom. The summed E-state index contributed by atoms with van der Waals surface area (Å²) in [4.78, 5) is 18.9. The lowest BCUT2D eigenvalue weighted by molar-refractivity contribution is -0.141. The fraction of sp³-hybridized carbons (Fsp3) is 0.222. The molecule has 17 heavy (non-hydrogen) atoms. The highest BCUT2D eigenvalue weighted by molar-refractivity contribution is 9.10. The van der Waals surface area contributed by atoms with Gasteiger partial charge in [-0.05, 0) is 22.9 Å². The minimum absolute atomic E-state index is 0.142. The van der Waals surface area contributed by atoms with Gasteiger partial charge in [0.05, 0.1) is 11.9 Å². The van der Waals surface area contributed by atoms with Crippen molar-refractivity contribution in [1.29, 1.82) is 0 Å². The van der Waals surface area contributed by atoms with Gasteiger partial charge in [-0.25, -0.2) is 4.98 Å². The van der Waals surface area contributed by atoms with Gasteiger partial charge in [0.1, 0.15) is 4.47 Å². The fourth-order valence-corrected chi connectivity index (χ4v) is 1.82. The van der Waals surface area contributed by atoms with Crippen LogP contribution in [0.5, 0.6) is 0 Å². The Bertz CT molecular complexity index is 650. The van der Waals surface area contributed by atoms with Crippen LogP contribution in [0.1, 0.15) is 11.4 Å². The molecule has 0 unspecified atom stereocenters. The highest BCUT2D eigenvalue weighted by atomic mass is 79.9. The van der Waals surface area contributed by atoms with Crippen LogP contribution in [0.15, 0.2) is 21.7 Å². The molecule has 0 aliphatic rings. The SMILES string of the molecule is Cc1cn2c(=O)c(Br)c(C(F)(F)F)nc2cn1. The van der Waals surface area contributed by atoms with Crippen LogP contribution in [0.2, 0.25) is 0 Å². The second-order valence-electron chi connectivity index (χ2n) is 3.33. The molecular weight excluding hydrogens is 303 g/mol. The predicted octanol–water partition coefficient (Wildman–Crippen LogP) is 2.18. The van der Waals surface area contributed by atoms with Crippen LogP contribution in [0.4, 0.5) is 13.2 Å². The molecule has 0 atom stereocenters. The Morgan fingerprint density at radius 1 is 1.41 bits per heavy atom. The Labute approximate surface area is 101 Å². The number of alkyl halides is 3. The summed E-state index contributed by atoms with van der Waals surface area (Å²) < 4.78 is 38.1. The quantitative estimate of drug-likeness (QED) is 0.749. The zero-order valence-corrected chi connectivity index (χ0v) is 10.0. The second kappa shape index (κ2) is 3.80. The average Bonchev–Trinajstić information content (AvgIpc) is 2.22. The van der Waals surface area contributed by atoms with Gasteiger partial charge in [0.25, 0.3) is 5.56 Å². The lowest BCUT2D eigenvalue weighted by Crippen LogP contribution is -2.22. The summed E-state index contributed by atoms with van der Waals surface area (Å²) in [6, 6.07) is 0. The standard InChI is InChI=1S/C9H5BrF3N3O/c1-4-3-16-5(2-14-4)15-7(9(11,12)13)6(10)8(16)17/h2-3H,1H3. The summed E-state index contributed by atoms with van der Waals surface area (Å²) in [5, 5.41) is 0. The largest absolute Gasteiger partial charge is 0.434 e. The van der Waals surface area contributed by atoms with Crippen molar-refractivity contribution in [3.8, 4) is 0 Å². The van der Waals surface area contributed by atoms with E-state index in [2.05, 4.69) is 25.9 Å². The van der Waals surface area contributed by atoms with Crippen LogP contribution in [0, 0.1) is 6.92 Å². The molecule has 0 aromatic carbocycles. The highest BCUT2D eigenvalue weighted by Gasteiger charge is 2.36. The van der Waals surface area contributed by atoms with Gasteiger partial charge in [0, 0.05) is 6.20 Å². The second-order valence-corrected chi connectivity index (χ2v) is 4.13. The first-order chi connectivity index (χ1) is 7.80. The van der Waals surface area contributed by atoms with Crippen molar-refractivity contribution in [2.24, 2.45) is 0 Å². The van der Waals surface area contributed by atoms with Crippen molar-refractivity contribution in [3.63, 3.8) is 0 Å². The molecule has 0 bridgehead atoms. The van der Waals surface area contributed by atoms with Crippen molar-refractivity contribution < 1.29 is 13.2 Å². The molecule has 2 heterocycles. The molecule has 0 aliphatic heterocycles. The summed E-state index contributed by atoms with van der Waals surface area (Å²) in [5.41, 5.74) is -1.69. The van der Waals surface area contributed by atoms with Crippen molar-refractivity contribution in [3.05, 3.63) is 38.6 Å². The van der Waals surface area contributed by atoms with Crippen LogP contribution in [-0.4, -0.2) is 14.4 Å². The van der Waals surface area contributed by atoms with Crippen LogP contribution in [-0.2, 0) is 6.18 Å². The van der Waals surface area contributed by atoms with Gasteiger partial charge in [0.2, 0.25) is 0 Å². The topological polar surface area (TPSA) is 47.3 Å². The molecule has 0 radical (unpaired) electrons. The Morgan fingerprint density at radius 2 is 2.06 bits per heavy atom. The molecule has 0 spiro atoms. The Kier molecular flexibility index (Phi) is 2.69. The molecule has 2 rings (SSSR count). The zero-order chi connectivity index (χ0) is 12.8. The monoisotopic (exact) mass is 307 g/mol. The molecular formula is C9H5BrF3N3O. The minimum atomic E-state index is -4.68. The summed E-state index contributed by atoms with van der Waals surface area (Å²) in [7, 11) is 0. The lowest BCUT2D eigenvalue weighted by atomic mass is 10.4. The molecule has 0 saturated carbocycles. The van der Waals surface area contributed by atoms with Crippen LogP contribution in [0.25, 0.3) is 5.65 Å². The maximum absolute atomic E-state index is 12.6. The van der Waals surface area contributed by atoms with Gasteiger partial charge < -0.3 is 0 Å². The van der Waals surface area contributed by atoms with Gasteiger partial charge >= 0.3 is 6.18 Å². The van der Waals surface area contributed by atoms with Gasteiger partial charge in [-0.2, -0.15) is 13.2 Å². The number of hydrogen-bond acceptors (Lipinski definition) is 3. The highest BCUT2D eigenvalue weighted by Crippen LogP contribution is 2.31. The van der Waals surface area contributed by atoms with E-state index in [1.807, 2.05) is 0 Å². The van der Waals surface area contributed by atoms with Gasteiger partial charge in [-0.3, -0.25) is 14.2 Å². The van der Waals surface area contributed by atoms with E-state index in [4.69, 9.17) is 0 Å². The summed E-state index contributed by atoms with van der Waals surface area (Å²) in [5.74, 6) is 0. The molecule has 0 amide bonds. The van der Waals surface area contributed by atoms with Gasteiger partial charge in [-0.15, -0.1) is 0 Å². The minimum Gasteiger partial charge on any atom is -0.268 e. The summed E-state index contributed by atoms with van der Waals surface area (Å²) in [6.45, 7) is 1.62. The van der Waals surface area contributed by atoms with E-state index in [9.17, 15) is 18.0 Å². The number of fused-ring (bicyclic) bond motifs is 1. The maximum Gasteiger partial charge on any atom is 0.434 e. The average molecular weight is 308 g/mol. The van der Waals surface area contributed by atoms with E-state index in [1.165, 1.54) is 6.20 Å². The summed E-state index contributed by atoms with van der Waals surface area (Å²) in [6.07, 6.45) is -2.23. The van der Waals surface area contributed by atoms with E-state index in [0.717, 1.165) is 10.6 Å². The molecule has 8 heteroatoms. The fourth-order valence-electron chi connectivity index (χ4n) is 1.31. The third-order valence-electron chi connectivity index (χ3n) is 2.06. The van der Waals surface area contributed by atoms with E-state index in [0.29, 0.717) is 5.69 Å². The molecule has 2 aromatic rings. The van der Waals surface area contributed by atoms with Gasteiger partial charge in [0.15, 0.2) is 11.3 Å². The van der Waals surface area contributed by atoms with Crippen molar-refractivity contribution in [1.82, 2.24) is 14.4 Å². The molecule has 0 N–H and O–H groups in total. The number of halogens is 4. The smallest absolute Gasteiger partial charge is 0.268 e. The van der Waals surface area contributed by atoms with Crippen molar-refractivity contribution >= 4 is 21.6 Å². The normalized spacial score (nSPS) is 12.1. The third kappa shape index (κ3) is 2.04. The molecule has 4 nitrogen and oxygen atoms in total. The first-order valence-corrected chi connectivity index (χ1v) is 5.21. The maximum atomic E-state index is 12.6. The number of hydrogen-bond donors (Lipinski definition) is 0. The first-order valence-electron chi connectivity index (χ1n) is 4.42. The molecule has 0 aliphatic carbocycles. The molecule has 2 aromatic heterocycles. The van der Waals surface area contributed by atoms with Crippen molar-refractivity contribution in [2.45, 2.75) is 13.1 Å². The van der Waals surface area contributed by atoms with Crippen LogP contribution in [0.3, 0.4) is 0 Å². The predicted molar refractivity (Wildman–Crippen MR) is 56.7 cm³/mol. The third-order valence-corrected chi connectivity index (χ3v) is 2.77. The van der Waals surface area contributed by atoms with Crippen molar-refractivity contribution in [2.75, 3.05) is 0 Å². The first kappa shape index (κ1) is 12.0. The van der Waals surface area contributed by atoms with E-state index >= 15 is 0 Å². The molecule has 0 saturated heterocycles. The Balaban J connectivity index is 2.90. The van der Waals surface area contributed by atoms with Gasteiger partial charge in [-0.1, -0.05) is 0 Å². The number of aromatic nitrogens is 3. The lowest BCUT2D eigenvalue weighted by Gasteiger charge is -2.09.